The summed E-state index contributed by atoms with van der Waals surface area (Å²) in [5.74, 6) is 0.325. The third kappa shape index (κ3) is 7.21. The molecule has 2 aromatic carbocycles. The highest BCUT2D eigenvalue weighted by atomic mass is 35.5. The van der Waals surface area contributed by atoms with Crippen molar-refractivity contribution in [2.75, 3.05) is 19.8 Å². The molecule has 2 amide bonds. The number of fused-ring (bicyclic) bond motifs is 2. The summed E-state index contributed by atoms with van der Waals surface area (Å²) in [4.78, 5) is 21.7. The van der Waals surface area contributed by atoms with Gasteiger partial charge in [0.15, 0.2) is 6.61 Å². The van der Waals surface area contributed by atoms with Crippen molar-refractivity contribution in [1.82, 2.24) is 20.8 Å². The maximum absolute atomic E-state index is 13.7. The first-order valence-electron chi connectivity index (χ1n) is 10.3. The number of ether oxygens (including phenoxy) is 2. The average Bonchev–Trinajstić information content (AvgIpc) is 3.28. The van der Waals surface area contributed by atoms with Crippen LogP contribution in [0.2, 0.25) is 5.02 Å². The molecule has 0 atom stereocenters. The van der Waals surface area contributed by atoms with Gasteiger partial charge in [-0.05, 0) is 36.6 Å². The van der Waals surface area contributed by atoms with Crippen LogP contribution in [0.3, 0.4) is 0 Å². The van der Waals surface area contributed by atoms with Crippen LogP contribution in [-0.4, -0.2) is 42.3 Å². The maximum atomic E-state index is 13.7. The topological polar surface area (TPSA) is 105 Å². The Morgan fingerprint density at radius 1 is 1.36 bits per heavy atom. The van der Waals surface area contributed by atoms with Crippen LogP contribution in [0, 0.1) is 5.82 Å². The van der Waals surface area contributed by atoms with Crippen molar-refractivity contribution in [3.05, 3.63) is 65.2 Å². The SMILES string of the molecule is C=C(CCNC=O)NC(=O)COc1cc(F)c2cn[nH]c2c1.Clc1ccc2c(c1)CCCO2. The standard InChI is InChI=1S/C14H15FN4O3.C9H9ClO/c1-9(2-3-16-8-20)18-14(21)7-22-10-4-12(15)11-6-17-19-13(11)5-10;10-8-3-4-9-7(6-8)2-1-5-11-9/h4-6,8H,1-3,7H2,(H,16,20)(H,17,19)(H,18,21);3-4,6H,1-2,5H2. The van der Waals surface area contributed by atoms with Gasteiger partial charge < -0.3 is 20.1 Å². The summed E-state index contributed by atoms with van der Waals surface area (Å²) in [6.45, 7) is 4.60. The molecule has 3 N–H and O–H groups in total. The minimum atomic E-state index is -0.481. The minimum absolute atomic E-state index is 0.220. The van der Waals surface area contributed by atoms with E-state index >= 15 is 0 Å². The second-order valence-corrected chi connectivity index (χ2v) is 7.64. The number of aromatic amines is 1. The zero-order valence-electron chi connectivity index (χ0n) is 17.8. The fraction of sp³-hybridized carbons (Fsp3) is 0.261. The molecule has 0 saturated heterocycles. The molecule has 0 bridgehead atoms. The molecule has 174 valence electrons. The highest BCUT2D eigenvalue weighted by Gasteiger charge is 2.10. The Morgan fingerprint density at radius 3 is 3.03 bits per heavy atom. The monoisotopic (exact) mass is 474 g/mol. The van der Waals surface area contributed by atoms with Gasteiger partial charge in [-0.1, -0.05) is 18.2 Å². The second-order valence-electron chi connectivity index (χ2n) is 7.20. The number of rotatable bonds is 8. The molecule has 1 aromatic heterocycles. The number of nitrogens with zero attached hydrogens (tertiary/aromatic N) is 1. The van der Waals surface area contributed by atoms with E-state index in [0.717, 1.165) is 30.2 Å². The van der Waals surface area contributed by atoms with Gasteiger partial charge in [0.25, 0.3) is 5.91 Å². The van der Waals surface area contributed by atoms with E-state index < -0.39 is 11.7 Å². The molecule has 1 aliphatic heterocycles. The second kappa shape index (κ2) is 11.9. The molecule has 4 rings (SSSR count). The Hall–Kier alpha value is -3.59. The smallest absolute Gasteiger partial charge is 0.262 e. The van der Waals surface area contributed by atoms with Crippen molar-refractivity contribution in [3.8, 4) is 11.5 Å². The number of amides is 2. The molecule has 8 nitrogen and oxygen atoms in total. The Bertz CT molecular complexity index is 1130. The van der Waals surface area contributed by atoms with Gasteiger partial charge in [-0.3, -0.25) is 14.7 Å². The number of carbonyl (C=O) groups excluding carboxylic acids is 2. The third-order valence-corrected chi connectivity index (χ3v) is 4.93. The zero-order valence-corrected chi connectivity index (χ0v) is 18.6. The summed E-state index contributed by atoms with van der Waals surface area (Å²) in [5, 5.41) is 12.5. The molecule has 0 unspecified atom stereocenters. The number of aryl methyl sites for hydroxylation is 1. The van der Waals surface area contributed by atoms with Crippen LogP contribution >= 0.6 is 11.6 Å². The molecular formula is C23H24ClFN4O4. The summed E-state index contributed by atoms with van der Waals surface area (Å²) >= 11 is 5.82. The predicted molar refractivity (Wildman–Crippen MR) is 123 cm³/mol. The summed E-state index contributed by atoms with van der Waals surface area (Å²) in [6.07, 6.45) is 4.55. The third-order valence-electron chi connectivity index (χ3n) is 4.69. The molecule has 10 heteroatoms. The first-order valence-corrected chi connectivity index (χ1v) is 10.7. The average molecular weight is 475 g/mol. The van der Waals surface area contributed by atoms with Crippen molar-refractivity contribution in [2.24, 2.45) is 0 Å². The highest BCUT2D eigenvalue weighted by molar-refractivity contribution is 6.30. The number of H-pyrrole nitrogens is 1. The van der Waals surface area contributed by atoms with Crippen molar-refractivity contribution >= 4 is 34.8 Å². The predicted octanol–water partition coefficient (Wildman–Crippen LogP) is 3.51. The highest BCUT2D eigenvalue weighted by Crippen LogP contribution is 2.27. The molecule has 0 fully saturated rings. The number of carbonyl (C=O) groups is 2. The van der Waals surface area contributed by atoms with Crippen molar-refractivity contribution in [1.29, 1.82) is 0 Å². The fourth-order valence-corrected chi connectivity index (χ4v) is 3.32. The van der Waals surface area contributed by atoms with E-state index in [1.807, 2.05) is 18.2 Å². The van der Waals surface area contributed by atoms with Gasteiger partial charge in [0, 0.05) is 35.8 Å². The molecule has 2 heterocycles. The lowest BCUT2D eigenvalue weighted by molar-refractivity contribution is -0.122. The maximum Gasteiger partial charge on any atom is 0.262 e. The van der Waals surface area contributed by atoms with Crippen molar-refractivity contribution < 1.29 is 23.5 Å². The van der Waals surface area contributed by atoms with Crippen LogP contribution < -0.4 is 20.1 Å². The number of hydrogen-bond donors (Lipinski definition) is 3. The quantitative estimate of drug-likeness (QED) is 0.342. The number of benzene rings is 2. The van der Waals surface area contributed by atoms with Gasteiger partial charge >= 0.3 is 0 Å². The fourth-order valence-electron chi connectivity index (χ4n) is 3.12. The van der Waals surface area contributed by atoms with E-state index in [2.05, 4.69) is 27.4 Å². The van der Waals surface area contributed by atoms with Crippen LogP contribution in [0.5, 0.6) is 11.5 Å². The van der Waals surface area contributed by atoms with E-state index in [9.17, 15) is 14.0 Å². The minimum Gasteiger partial charge on any atom is -0.493 e. The Labute approximate surface area is 195 Å². The lowest BCUT2D eigenvalue weighted by Gasteiger charge is -2.16. The molecule has 0 spiro atoms. The van der Waals surface area contributed by atoms with Crippen LogP contribution in [0.1, 0.15) is 18.4 Å². The van der Waals surface area contributed by atoms with Crippen LogP contribution in [-0.2, 0) is 16.0 Å². The largest absolute Gasteiger partial charge is 0.493 e. The number of halogens is 2. The number of hydrogen-bond acceptors (Lipinski definition) is 5. The first-order chi connectivity index (χ1) is 16.0. The number of nitrogens with one attached hydrogen (secondary N) is 3. The van der Waals surface area contributed by atoms with Crippen LogP contribution in [0.25, 0.3) is 10.9 Å². The molecule has 1 aliphatic rings. The van der Waals surface area contributed by atoms with E-state index in [0.29, 0.717) is 36.0 Å². The normalized spacial score (nSPS) is 11.9. The van der Waals surface area contributed by atoms with Gasteiger partial charge in [0.1, 0.15) is 17.3 Å². The molecule has 3 aromatic rings. The van der Waals surface area contributed by atoms with E-state index in [4.69, 9.17) is 21.1 Å². The van der Waals surface area contributed by atoms with Gasteiger partial charge in [0.05, 0.1) is 23.7 Å². The van der Waals surface area contributed by atoms with Crippen molar-refractivity contribution in [3.63, 3.8) is 0 Å². The Morgan fingerprint density at radius 2 is 2.21 bits per heavy atom. The Balaban J connectivity index is 0.000000231. The molecular weight excluding hydrogens is 451 g/mol. The first kappa shape index (κ1) is 24.1. The van der Waals surface area contributed by atoms with Crippen molar-refractivity contribution in [2.45, 2.75) is 19.3 Å². The Kier molecular flexibility index (Phi) is 8.65. The van der Waals surface area contributed by atoms with Gasteiger partial charge in [-0.2, -0.15) is 5.10 Å². The molecule has 33 heavy (non-hydrogen) atoms. The van der Waals surface area contributed by atoms with E-state index in [1.165, 1.54) is 17.8 Å². The lowest BCUT2D eigenvalue weighted by atomic mass is 10.1. The van der Waals surface area contributed by atoms with E-state index in [1.54, 1.807) is 6.07 Å². The summed E-state index contributed by atoms with van der Waals surface area (Å²) in [7, 11) is 0. The van der Waals surface area contributed by atoms with Crippen LogP contribution in [0.4, 0.5) is 4.39 Å². The summed E-state index contributed by atoms with van der Waals surface area (Å²) in [6, 6.07) is 8.54. The molecule has 0 saturated carbocycles. The van der Waals surface area contributed by atoms with Gasteiger partial charge in [-0.25, -0.2) is 4.39 Å². The zero-order chi connectivity index (χ0) is 23.6. The van der Waals surface area contributed by atoms with Gasteiger partial charge in [-0.15, -0.1) is 0 Å². The van der Waals surface area contributed by atoms with Crippen LogP contribution in [0.15, 0.2) is 48.8 Å². The lowest BCUT2D eigenvalue weighted by Crippen LogP contribution is -2.29. The molecule has 0 radical (unpaired) electrons. The molecule has 0 aliphatic carbocycles. The number of aromatic nitrogens is 2. The van der Waals surface area contributed by atoms with Gasteiger partial charge in [0.2, 0.25) is 6.41 Å². The summed E-state index contributed by atoms with van der Waals surface area (Å²) < 4.78 is 24.4. The van der Waals surface area contributed by atoms with E-state index in [-0.39, 0.29) is 12.4 Å². The summed E-state index contributed by atoms with van der Waals surface area (Å²) in [5.41, 5.74) is 2.18.